The molecule has 1 aromatic carbocycles. The SMILES string of the molecule is Cc1cc(NCC2CCN(C(C)C)C2)c(Br)cc1[N+](=O)[O-]. The smallest absolute Gasteiger partial charge is 0.273 e. The van der Waals surface area contributed by atoms with E-state index in [2.05, 4.69) is 40.0 Å². The van der Waals surface area contributed by atoms with Crippen LogP contribution >= 0.6 is 15.9 Å². The molecule has 0 spiro atoms. The van der Waals surface area contributed by atoms with Gasteiger partial charge in [-0.25, -0.2) is 0 Å². The van der Waals surface area contributed by atoms with Gasteiger partial charge in [-0.05, 0) is 61.7 Å². The molecule has 1 fully saturated rings. The minimum Gasteiger partial charge on any atom is -0.384 e. The summed E-state index contributed by atoms with van der Waals surface area (Å²) in [6.45, 7) is 9.40. The molecule has 1 atom stereocenters. The number of hydrogen-bond donors (Lipinski definition) is 1. The van der Waals surface area contributed by atoms with Gasteiger partial charge < -0.3 is 10.2 Å². The molecule has 0 saturated carbocycles. The van der Waals surface area contributed by atoms with Gasteiger partial charge in [0.25, 0.3) is 5.69 Å². The van der Waals surface area contributed by atoms with Crippen molar-refractivity contribution in [3.05, 3.63) is 32.3 Å². The molecule has 6 heteroatoms. The molecule has 116 valence electrons. The number of benzene rings is 1. The topological polar surface area (TPSA) is 58.4 Å². The third-order valence-corrected chi connectivity index (χ3v) is 4.77. The standard InChI is InChI=1S/C15H22BrN3O2/c1-10(2)18-5-4-12(9-18)8-17-14-6-11(3)15(19(20)21)7-13(14)16/h6-7,10,12,17H,4-5,8-9H2,1-3H3. The summed E-state index contributed by atoms with van der Waals surface area (Å²) in [7, 11) is 0. The molecule has 5 nitrogen and oxygen atoms in total. The Kier molecular flexibility index (Phi) is 5.22. The van der Waals surface area contributed by atoms with Crippen LogP contribution in [0.2, 0.25) is 0 Å². The molecule has 21 heavy (non-hydrogen) atoms. The highest BCUT2D eigenvalue weighted by atomic mass is 79.9. The molecule has 0 amide bonds. The van der Waals surface area contributed by atoms with Crippen molar-refractivity contribution in [1.29, 1.82) is 0 Å². The third-order valence-electron chi connectivity index (χ3n) is 4.11. The zero-order chi connectivity index (χ0) is 15.6. The fraction of sp³-hybridized carbons (Fsp3) is 0.600. The Labute approximate surface area is 134 Å². The van der Waals surface area contributed by atoms with Crippen LogP contribution in [0.3, 0.4) is 0 Å². The predicted molar refractivity (Wildman–Crippen MR) is 88.8 cm³/mol. The van der Waals surface area contributed by atoms with Crippen molar-refractivity contribution in [3.8, 4) is 0 Å². The molecular weight excluding hydrogens is 334 g/mol. The van der Waals surface area contributed by atoms with Crippen molar-refractivity contribution in [3.63, 3.8) is 0 Å². The first kappa shape index (κ1) is 16.2. The second kappa shape index (κ2) is 6.75. The van der Waals surface area contributed by atoms with Crippen molar-refractivity contribution < 1.29 is 4.92 Å². The van der Waals surface area contributed by atoms with Crippen LogP contribution in [0.4, 0.5) is 11.4 Å². The van der Waals surface area contributed by atoms with E-state index in [4.69, 9.17) is 0 Å². The van der Waals surface area contributed by atoms with Crippen molar-refractivity contribution >= 4 is 27.3 Å². The number of hydrogen-bond acceptors (Lipinski definition) is 4. The number of halogens is 1. The molecule has 0 bridgehead atoms. The number of aryl methyl sites for hydroxylation is 1. The summed E-state index contributed by atoms with van der Waals surface area (Å²) < 4.78 is 0.749. The van der Waals surface area contributed by atoms with Gasteiger partial charge >= 0.3 is 0 Å². The zero-order valence-corrected chi connectivity index (χ0v) is 14.3. The van der Waals surface area contributed by atoms with Crippen molar-refractivity contribution in [2.24, 2.45) is 5.92 Å². The van der Waals surface area contributed by atoms with E-state index in [9.17, 15) is 10.1 Å². The number of rotatable bonds is 5. The van der Waals surface area contributed by atoms with E-state index in [0.29, 0.717) is 17.5 Å². The lowest BCUT2D eigenvalue weighted by atomic mass is 10.1. The lowest BCUT2D eigenvalue weighted by Gasteiger charge is -2.20. The maximum atomic E-state index is 10.9. The lowest BCUT2D eigenvalue weighted by molar-refractivity contribution is -0.385. The zero-order valence-electron chi connectivity index (χ0n) is 12.7. The van der Waals surface area contributed by atoms with Gasteiger partial charge in [-0.3, -0.25) is 10.1 Å². The summed E-state index contributed by atoms with van der Waals surface area (Å²) in [4.78, 5) is 13.1. The van der Waals surface area contributed by atoms with Gasteiger partial charge in [0.1, 0.15) is 0 Å². The lowest BCUT2D eigenvalue weighted by Crippen LogP contribution is -2.29. The number of nitro groups is 1. The van der Waals surface area contributed by atoms with E-state index in [1.165, 1.54) is 6.42 Å². The Morgan fingerprint density at radius 3 is 2.81 bits per heavy atom. The van der Waals surface area contributed by atoms with Gasteiger partial charge in [0.2, 0.25) is 0 Å². The summed E-state index contributed by atoms with van der Waals surface area (Å²) in [5.41, 5.74) is 1.77. The van der Waals surface area contributed by atoms with Crippen LogP contribution in [-0.2, 0) is 0 Å². The highest BCUT2D eigenvalue weighted by Gasteiger charge is 2.24. The Balaban J connectivity index is 1.98. The van der Waals surface area contributed by atoms with Crippen LogP contribution in [0.25, 0.3) is 0 Å². The van der Waals surface area contributed by atoms with Crippen LogP contribution < -0.4 is 5.32 Å². The molecule has 1 unspecified atom stereocenters. The van der Waals surface area contributed by atoms with E-state index in [0.717, 1.165) is 29.8 Å². The van der Waals surface area contributed by atoms with Crippen molar-refractivity contribution in [2.75, 3.05) is 25.0 Å². The molecular formula is C15H22BrN3O2. The van der Waals surface area contributed by atoms with Crippen molar-refractivity contribution in [2.45, 2.75) is 33.2 Å². The van der Waals surface area contributed by atoms with Gasteiger partial charge in [-0.15, -0.1) is 0 Å². The molecule has 1 aromatic rings. The number of nitro benzene ring substituents is 1. The van der Waals surface area contributed by atoms with Gasteiger partial charge in [-0.2, -0.15) is 0 Å². The van der Waals surface area contributed by atoms with E-state index in [1.54, 1.807) is 13.0 Å². The highest BCUT2D eigenvalue weighted by Crippen LogP contribution is 2.31. The predicted octanol–water partition coefficient (Wildman–Crippen LogP) is 3.81. The van der Waals surface area contributed by atoms with Crippen LogP contribution in [0, 0.1) is 23.0 Å². The normalized spacial score (nSPS) is 19.2. The molecule has 2 rings (SSSR count). The molecule has 1 N–H and O–H groups in total. The maximum absolute atomic E-state index is 10.9. The maximum Gasteiger partial charge on any atom is 0.273 e. The van der Waals surface area contributed by atoms with E-state index < -0.39 is 0 Å². The highest BCUT2D eigenvalue weighted by molar-refractivity contribution is 9.10. The van der Waals surface area contributed by atoms with E-state index >= 15 is 0 Å². The summed E-state index contributed by atoms with van der Waals surface area (Å²) in [5, 5.41) is 14.3. The summed E-state index contributed by atoms with van der Waals surface area (Å²) in [6.07, 6.45) is 1.20. The number of nitrogens with zero attached hydrogens (tertiary/aromatic N) is 2. The van der Waals surface area contributed by atoms with Crippen LogP contribution in [-0.4, -0.2) is 35.5 Å². The minimum absolute atomic E-state index is 0.152. The molecule has 0 radical (unpaired) electrons. The Hall–Kier alpha value is -1.14. The summed E-state index contributed by atoms with van der Waals surface area (Å²) >= 11 is 3.42. The second-order valence-corrected chi connectivity index (χ2v) is 6.85. The number of nitrogens with one attached hydrogen (secondary N) is 1. The molecule has 0 aliphatic carbocycles. The largest absolute Gasteiger partial charge is 0.384 e. The third kappa shape index (κ3) is 3.95. The van der Waals surface area contributed by atoms with Crippen molar-refractivity contribution in [1.82, 2.24) is 4.90 Å². The van der Waals surface area contributed by atoms with Crippen LogP contribution in [0.5, 0.6) is 0 Å². The van der Waals surface area contributed by atoms with E-state index in [-0.39, 0.29) is 10.6 Å². The summed E-state index contributed by atoms with van der Waals surface area (Å²) in [6, 6.07) is 4.02. The Bertz CT molecular complexity index is 534. The Morgan fingerprint density at radius 1 is 1.52 bits per heavy atom. The molecule has 0 aromatic heterocycles. The van der Waals surface area contributed by atoms with Gasteiger partial charge in [0.15, 0.2) is 0 Å². The van der Waals surface area contributed by atoms with E-state index in [1.807, 2.05) is 6.07 Å². The first-order valence-electron chi connectivity index (χ1n) is 7.31. The fourth-order valence-electron chi connectivity index (χ4n) is 2.76. The average molecular weight is 356 g/mol. The second-order valence-electron chi connectivity index (χ2n) is 6.00. The molecule has 1 saturated heterocycles. The van der Waals surface area contributed by atoms with Gasteiger partial charge in [-0.1, -0.05) is 0 Å². The fourth-order valence-corrected chi connectivity index (χ4v) is 3.23. The van der Waals surface area contributed by atoms with Crippen LogP contribution in [0.1, 0.15) is 25.8 Å². The van der Waals surface area contributed by atoms with Gasteiger partial charge in [0.05, 0.1) is 4.92 Å². The average Bonchev–Trinajstić information content (AvgIpc) is 2.88. The monoisotopic (exact) mass is 355 g/mol. The van der Waals surface area contributed by atoms with Gasteiger partial charge in [0, 0.05) is 40.9 Å². The molecule has 1 aliphatic rings. The van der Waals surface area contributed by atoms with Crippen LogP contribution in [0.15, 0.2) is 16.6 Å². The number of anilines is 1. The first-order chi connectivity index (χ1) is 9.88. The molecule has 1 aliphatic heterocycles. The first-order valence-corrected chi connectivity index (χ1v) is 8.10. The number of likely N-dealkylation sites (tertiary alicyclic amines) is 1. The quantitative estimate of drug-likeness (QED) is 0.644. The Morgan fingerprint density at radius 2 is 2.24 bits per heavy atom. The molecule has 1 heterocycles. The summed E-state index contributed by atoms with van der Waals surface area (Å²) in [5.74, 6) is 0.634. The minimum atomic E-state index is -0.346.